The normalized spacial score (nSPS) is 16.5. The van der Waals surface area contributed by atoms with Gasteiger partial charge in [-0.3, -0.25) is 4.79 Å². The molecule has 1 atom stereocenters. The molecule has 1 aliphatic rings. The Labute approximate surface area is 124 Å². The molecule has 1 aromatic heterocycles. The van der Waals surface area contributed by atoms with Gasteiger partial charge in [0.2, 0.25) is 5.91 Å². The van der Waals surface area contributed by atoms with Gasteiger partial charge >= 0.3 is 0 Å². The molecule has 1 unspecified atom stereocenters. The quantitative estimate of drug-likeness (QED) is 0.458. The van der Waals surface area contributed by atoms with Gasteiger partial charge in [0.1, 0.15) is 0 Å². The van der Waals surface area contributed by atoms with Crippen LogP contribution >= 0.6 is 23.1 Å². The zero-order valence-corrected chi connectivity index (χ0v) is 12.2. The molecule has 1 amide bonds. The van der Waals surface area contributed by atoms with Gasteiger partial charge in [-0.05, 0) is 39.3 Å². The topological polar surface area (TPSA) is 65.8 Å². The summed E-state index contributed by atoms with van der Waals surface area (Å²) in [5.74, 6) is 0.509. The fraction of sp³-hybridized carbons (Fsp3) is 0.214. The summed E-state index contributed by atoms with van der Waals surface area (Å²) in [6, 6.07) is 10.3. The summed E-state index contributed by atoms with van der Waals surface area (Å²) in [6.07, 6.45) is 0.231. The third kappa shape index (κ3) is 2.45. The van der Waals surface area contributed by atoms with Gasteiger partial charge in [-0.25, -0.2) is 0 Å². The first-order valence-electron chi connectivity index (χ1n) is 6.15. The van der Waals surface area contributed by atoms with Crippen LogP contribution in [0, 0.1) is 0 Å². The molecule has 0 radical (unpaired) electrons. The van der Waals surface area contributed by atoms with E-state index in [1.807, 2.05) is 12.1 Å². The van der Waals surface area contributed by atoms with Crippen LogP contribution < -0.4 is 0 Å². The van der Waals surface area contributed by atoms with E-state index in [-0.39, 0.29) is 12.3 Å². The Balaban J connectivity index is 2.07. The van der Waals surface area contributed by atoms with Gasteiger partial charge < -0.3 is 0 Å². The van der Waals surface area contributed by atoms with Gasteiger partial charge in [0.25, 0.3) is 0 Å². The fourth-order valence-corrected chi connectivity index (χ4v) is 4.69. The smallest absolute Gasteiger partial charge is 0.219 e. The van der Waals surface area contributed by atoms with Crippen LogP contribution in [0.15, 0.2) is 45.7 Å². The van der Waals surface area contributed by atoms with Gasteiger partial charge in [-0.15, -0.1) is 23.1 Å². The predicted molar refractivity (Wildman–Crippen MR) is 80.9 cm³/mol. The molecule has 2 heterocycles. The second kappa shape index (κ2) is 5.71. The van der Waals surface area contributed by atoms with Gasteiger partial charge in [-0.1, -0.05) is 18.2 Å². The number of fused-ring (bicyclic) bond motifs is 2. The average Bonchev–Trinajstić information content (AvgIpc) is 2.86. The summed E-state index contributed by atoms with van der Waals surface area (Å²) < 4.78 is 0. The number of hydrogen-bond acceptors (Lipinski definition) is 3. The molecule has 0 saturated heterocycles. The van der Waals surface area contributed by atoms with Crippen LogP contribution in [0.1, 0.15) is 28.3 Å². The average molecular weight is 301 g/mol. The maximum Gasteiger partial charge on any atom is 0.219 e. The molecule has 1 aromatic carbocycles. The molecule has 0 fully saturated rings. The molecular weight excluding hydrogens is 290 g/mol. The zero-order valence-electron chi connectivity index (χ0n) is 10.5. The number of azide groups is 1. The van der Waals surface area contributed by atoms with Crippen molar-refractivity contribution in [3.8, 4) is 0 Å². The van der Waals surface area contributed by atoms with Gasteiger partial charge in [-0.2, -0.15) is 0 Å². The van der Waals surface area contributed by atoms with Crippen LogP contribution in [0.25, 0.3) is 10.4 Å². The van der Waals surface area contributed by atoms with Crippen molar-refractivity contribution in [1.29, 1.82) is 0 Å². The Morgan fingerprint density at radius 3 is 3.10 bits per heavy atom. The minimum Gasteiger partial charge on any atom is -0.293 e. The van der Waals surface area contributed by atoms with E-state index in [1.165, 1.54) is 15.3 Å². The van der Waals surface area contributed by atoms with Crippen molar-refractivity contribution in [2.45, 2.75) is 23.0 Å². The molecule has 3 rings (SSSR count). The molecule has 0 saturated carbocycles. The lowest BCUT2D eigenvalue weighted by Gasteiger charge is -2.16. The number of thiophene rings is 1. The molecule has 20 heavy (non-hydrogen) atoms. The molecule has 6 heteroatoms. The fourth-order valence-electron chi connectivity index (χ4n) is 2.44. The van der Waals surface area contributed by atoms with Crippen molar-refractivity contribution in [3.63, 3.8) is 0 Å². The number of nitrogens with zero attached hydrogens (tertiary/aromatic N) is 3. The Morgan fingerprint density at radius 1 is 1.40 bits per heavy atom. The van der Waals surface area contributed by atoms with E-state index in [4.69, 9.17) is 5.53 Å². The largest absolute Gasteiger partial charge is 0.293 e. The lowest BCUT2D eigenvalue weighted by molar-refractivity contribution is -0.118. The van der Waals surface area contributed by atoms with Crippen LogP contribution in [0.2, 0.25) is 0 Å². The van der Waals surface area contributed by atoms with Gasteiger partial charge in [0, 0.05) is 32.8 Å². The highest BCUT2D eigenvalue weighted by Gasteiger charge is 2.26. The lowest BCUT2D eigenvalue weighted by atomic mass is 9.92. The molecule has 2 aromatic rings. The van der Waals surface area contributed by atoms with E-state index in [0.29, 0.717) is 0 Å². The van der Waals surface area contributed by atoms with E-state index in [1.54, 1.807) is 23.1 Å². The second-order valence-electron chi connectivity index (χ2n) is 4.48. The van der Waals surface area contributed by atoms with E-state index >= 15 is 0 Å². The Kier molecular flexibility index (Phi) is 3.78. The zero-order chi connectivity index (χ0) is 13.9. The first-order chi connectivity index (χ1) is 9.79. The molecular formula is C14H11N3OS2. The van der Waals surface area contributed by atoms with Crippen molar-refractivity contribution in [2.24, 2.45) is 5.11 Å². The monoisotopic (exact) mass is 301 g/mol. The molecule has 100 valence electrons. The number of hydrogen-bond donors (Lipinski definition) is 0. The van der Waals surface area contributed by atoms with Crippen molar-refractivity contribution in [3.05, 3.63) is 62.2 Å². The standard InChI is InChI=1S/C14H11N3OS2/c15-17-16-13(18)7-11-10-3-1-2-4-12(10)20-8-9-5-6-19-14(9)11/h1-6,11H,7-8H2. The number of amides is 1. The Bertz CT molecular complexity index is 704. The third-order valence-electron chi connectivity index (χ3n) is 3.31. The summed E-state index contributed by atoms with van der Waals surface area (Å²) in [7, 11) is 0. The molecule has 0 bridgehead atoms. The summed E-state index contributed by atoms with van der Waals surface area (Å²) in [5, 5.41) is 5.28. The molecule has 1 aliphatic heterocycles. The van der Waals surface area contributed by atoms with Crippen LogP contribution in [0.4, 0.5) is 0 Å². The number of thioether (sulfide) groups is 1. The van der Waals surface area contributed by atoms with E-state index < -0.39 is 5.91 Å². The number of carbonyl (C=O) groups excluding carboxylic acids is 1. The first-order valence-corrected chi connectivity index (χ1v) is 8.02. The molecule has 0 spiro atoms. The Morgan fingerprint density at radius 2 is 2.25 bits per heavy atom. The van der Waals surface area contributed by atoms with E-state index in [9.17, 15) is 4.79 Å². The highest BCUT2D eigenvalue weighted by Crippen LogP contribution is 2.44. The van der Waals surface area contributed by atoms with Crippen LogP contribution in [-0.2, 0) is 10.5 Å². The number of carbonyl (C=O) groups is 1. The van der Waals surface area contributed by atoms with E-state index in [0.717, 1.165) is 11.3 Å². The highest BCUT2D eigenvalue weighted by atomic mass is 32.2. The maximum atomic E-state index is 11.7. The summed E-state index contributed by atoms with van der Waals surface area (Å²) >= 11 is 3.46. The van der Waals surface area contributed by atoms with Crippen molar-refractivity contribution < 1.29 is 4.79 Å². The first kappa shape index (κ1) is 13.2. The minimum atomic E-state index is -0.404. The van der Waals surface area contributed by atoms with Crippen molar-refractivity contribution in [1.82, 2.24) is 0 Å². The second-order valence-corrected chi connectivity index (χ2v) is 6.44. The maximum absolute atomic E-state index is 11.7. The van der Waals surface area contributed by atoms with E-state index in [2.05, 4.69) is 33.6 Å². The summed E-state index contributed by atoms with van der Waals surface area (Å²) in [6.45, 7) is 0. The van der Waals surface area contributed by atoms with Gasteiger partial charge in [0.15, 0.2) is 0 Å². The third-order valence-corrected chi connectivity index (χ3v) is 5.52. The number of benzene rings is 1. The van der Waals surface area contributed by atoms with Crippen molar-refractivity contribution in [2.75, 3.05) is 0 Å². The summed E-state index contributed by atoms with van der Waals surface area (Å²) in [5.41, 5.74) is 10.8. The SMILES string of the molecule is [N-]=[N+]=NC(=O)CC1c2ccccc2SCc2ccsc21. The van der Waals surface area contributed by atoms with Crippen LogP contribution in [0.5, 0.6) is 0 Å². The van der Waals surface area contributed by atoms with Gasteiger partial charge in [0.05, 0.1) is 0 Å². The lowest BCUT2D eigenvalue weighted by Crippen LogP contribution is -2.06. The summed E-state index contributed by atoms with van der Waals surface area (Å²) in [4.78, 5) is 16.8. The highest BCUT2D eigenvalue weighted by molar-refractivity contribution is 7.98. The minimum absolute atomic E-state index is 0.00537. The predicted octanol–water partition coefficient (Wildman–Crippen LogP) is 4.71. The molecule has 0 aliphatic carbocycles. The molecule has 4 nitrogen and oxygen atoms in total. The van der Waals surface area contributed by atoms with Crippen molar-refractivity contribution >= 4 is 29.0 Å². The van der Waals surface area contributed by atoms with Crippen LogP contribution in [0.3, 0.4) is 0 Å². The molecule has 0 N–H and O–H groups in total. The Hall–Kier alpha value is -1.75. The van der Waals surface area contributed by atoms with Crippen LogP contribution in [-0.4, -0.2) is 5.91 Å². The number of rotatable bonds is 2.